The van der Waals surface area contributed by atoms with Crippen molar-refractivity contribution in [1.29, 1.82) is 0 Å². The number of nitrogens with zero attached hydrogens (tertiary/aromatic N) is 1. The number of fused-ring (bicyclic) bond motifs is 1. The Balaban J connectivity index is 1.43. The van der Waals surface area contributed by atoms with Gasteiger partial charge in [0.05, 0.1) is 19.1 Å². The van der Waals surface area contributed by atoms with E-state index in [1.165, 1.54) is 0 Å². The molecule has 1 amide bonds. The van der Waals surface area contributed by atoms with E-state index in [9.17, 15) is 4.79 Å². The molecule has 3 heterocycles. The maximum Gasteiger partial charge on any atom is 0.274 e. The number of nitrogens with one attached hydrogen (secondary N) is 1. The average Bonchev–Trinajstić information content (AvgIpc) is 3.31. The van der Waals surface area contributed by atoms with Gasteiger partial charge >= 0.3 is 0 Å². The highest BCUT2D eigenvalue weighted by Crippen LogP contribution is 2.26. The summed E-state index contributed by atoms with van der Waals surface area (Å²) >= 11 is 1.62. The Morgan fingerprint density at radius 2 is 2.22 bits per heavy atom. The van der Waals surface area contributed by atoms with Crippen LogP contribution in [0.25, 0.3) is 11.1 Å². The van der Waals surface area contributed by atoms with E-state index in [2.05, 4.69) is 21.9 Å². The monoisotopic (exact) mass is 328 g/mol. The Labute approximate surface area is 137 Å². The maximum absolute atomic E-state index is 12.3. The van der Waals surface area contributed by atoms with Crippen LogP contribution in [0.1, 0.15) is 39.5 Å². The van der Waals surface area contributed by atoms with Crippen LogP contribution < -0.4 is 5.32 Å². The van der Waals surface area contributed by atoms with E-state index >= 15 is 0 Å². The summed E-state index contributed by atoms with van der Waals surface area (Å²) in [5.74, 6) is 0.718. The SMILES string of the molecule is O=C(NCc1cc(-c2ccoc2)cs1)c1noc2c1CCCC2. The first-order valence-corrected chi connectivity index (χ1v) is 8.55. The van der Waals surface area contributed by atoms with Crippen LogP contribution in [0.2, 0.25) is 0 Å². The highest BCUT2D eigenvalue weighted by Gasteiger charge is 2.23. The Morgan fingerprint density at radius 1 is 1.30 bits per heavy atom. The molecule has 0 radical (unpaired) electrons. The molecule has 5 nitrogen and oxygen atoms in total. The summed E-state index contributed by atoms with van der Waals surface area (Å²) in [4.78, 5) is 13.4. The van der Waals surface area contributed by atoms with Gasteiger partial charge in [0.2, 0.25) is 0 Å². The van der Waals surface area contributed by atoms with Crippen LogP contribution >= 0.6 is 11.3 Å². The molecule has 0 saturated carbocycles. The number of hydrogen-bond acceptors (Lipinski definition) is 5. The van der Waals surface area contributed by atoms with Crippen molar-refractivity contribution in [2.24, 2.45) is 0 Å². The first-order chi connectivity index (χ1) is 11.3. The second-order valence-corrected chi connectivity index (χ2v) is 6.63. The van der Waals surface area contributed by atoms with Crippen LogP contribution in [0.4, 0.5) is 0 Å². The fourth-order valence-electron chi connectivity index (χ4n) is 2.87. The third-order valence-electron chi connectivity index (χ3n) is 4.10. The van der Waals surface area contributed by atoms with Crippen LogP contribution in [-0.4, -0.2) is 11.1 Å². The number of furan rings is 1. The first kappa shape index (κ1) is 14.3. The molecule has 3 aromatic rings. The van der Waals surface area contributed by atoms with E-state index in [1.807, 2.05) is 6.07 Å². The van der Waals surface area contributed by atoms with Gasteiger partial charge in [0.25, 0.3) is 5.91 Å². The number of hydrogen-bond donors (Lipinski definition) is 1. The zero-order chi connectivity index (χ0) is 15.6. The average molecular weight is 328 g/mol. The van der Waals surface area contributed by atoms with Crippen molar-refractivity contribution in [3.8, 4) is 11.1 Å². The van der Waals surface area contributed by atoms with Crippen molar-refractivity contribution in [3.63, 3.8) is 0 Å². The second-order valence-electron chi connectivity index (χ2n) is 5.64. The number of amides is 1. The van der Waals surface area contributed by atoms with E-state index < -0.39 is 0 Å². The second kappa shape index (κ2) is 6.04. The molecule has 1 aliphatic rings. The van der Waals surface area contributed by atoms with Crippen LogP contribution in [-0.2, 0) is 19.4 Å². The van der Waals surface area contributed by atoms with E-state index in [4.69, 9.17) is 8.94 Å². The smallest absolute Gasteiger partial charge is 0.274 e. The summed E-state index contributed by atoms with van der Waals surface area (Å²) in [6, 6.07) is 3.99. The minimum absolute atomic E-state index is 0.157. The fourth-order valence-corrected chi connectivity index (χ4v) is 3.70. The highest BCUT2D eigenvalue weighted by molar-refractivity contribution is 7.10. The Morgan fingerprint density at radius 3 is 3.09 bits per heavy atom. The van der Waals surface area contributed by atoms with Gasteiger partial charge < -0.3 is 14.3 Å². The lowest BCUT2D eigenvalue weighted by Gasteiger charge is -2.09. The molecule has 0 atom stereocenters. The minimum Gasteiger partial charge on any atom is -0.472 e. The van der Waals surface area contributed by atoms with E-state index in [1.54, 1.807) is 23.9 Å². The Hall–Kier alpha value is -2.34. The van der Waals surface area contributed by atoms with Gasteiger partial charge in [-0.25, -0.2) is 0 Å². The van der Waals surface area contributed by atoms with Gasteiger partial charge in [-0.2, -0.15) is 0 Å². The van der Waals surface area contributed by atoms with Crippen molar-refractivity contribution in [3.05, 3.63) is 51.9 Å². The van der Waals surface area contributed by atoms with Crippen molar-refractivity contribution >= 4 is 17.2 Å². The van der Waals surface area contributed by atoms with Gasteiger partial charge in [-0.05, 0) is 42.3 Å². The van der Waals surface area contributed by atoms with Crippen molar-refractivity contribution in [2.45, 2.75) is 32.2 Å². The van der Waals surface area contributed by atoms with E-state index in [0.717, 1.165) is 53.0 Å². The zero-order valence-corrected chi connectivity index (χ0v) is 13.3. The Kier molecular flexibility index (Phi) is 3.75. The number of carbonyl (C=O) groups is 1. The number of aromatic nitrogens is 1. The van der Waals surface area contributed by atoms with Crippen molar-refractivity contribution < 1.29 is 13.7 Å². The lowest BCUT2D eigenvalue weighted by Crippen LogP contribution is -2.24. The fraction of sp³-hybridized carbons (Fsp3) is 0.294. The molecule has 3 aromatic heterocycles. The standard InChI is InChI=1S/C17H16N2O3S/c20-17(16-14-3-1-2-4-15(14)22-19-16)18-8-13-7-12(10-23-13)11-5-6-21-9-11/h5-7,9-10H,1-4,8H2,(H,18,20). The number of carbonyl (C=O) groups excluding carboxylic acids is 1. The maximum atomic E-state index is 12.3. The number of aryl methyl sites for hydroxylation is 1. The molecule has 0 unspecified atom stereocenters. The molecule has 0 aliphatic heterocycles. The molecule has 6 heteroatoms. The third kappa shape index (κ3) is 2.82. The third-order valence-corrected chi connectivity index (χ3v) is 5.03. The lowest BCUT2D eigenvalue weighted by atomic mass is 9.96. The number of thiophene rings is 1. The molecule has 4 rings (SSSR count). The molecule has 0 aromatic carbocycles. The molecular formula is C17H16N2O3S. The minimum atomic E-state index is -0.157. The zero-order valence-electron chi connectivity index (χ0n) is 12.5. The predicted octanol–water partition coefficient (Wildman–Crippen LogP) is 3.80. The number of rotatable bonds is 4. The van der Waals surface area contributed by atoms with E-state index in [-0.39, 0.29) is 5.91 Å². The quantitative estimate of drug-likeness (QED) is 0.791. The summed E-state index contributed by atoms with van der Waals surface area (Å²) in [6.45, 7) is 0.489. The normalized spacial score (nSPS) is 13.7. The molecule has 23 heavy (non-hydrogen) atoms. The van der Waals surface area contributed by atoms with Gasteiger partial charge in [0, 0.05) is 22.4 Å². The molecule has 1 aliphatic carbocycles. The molecule has 118 valence electrons. The molecule has 1 N–H and O–H groups in total. The Bertz CT molecular complexity index is 817. The van der Waals surface area contributed by atoms with Crippen molar-refractivity contribution in [2.75, 3.05) is 0 Å². The van der Waals surface area contributed by atoms with Gasteiger partial charge in [0.1, 0.15) is 5.76 Å². The van der Waals surface area contributed by atoms with Gasteiger partial charge in [-0.15, -0.1) is 11.3 Å². The van der Waals surface area contributed by atoms with Crippen molar-refractivity contribution in [1.82, 2.24) is 10.5 Å². The first-order valence-electron chi connectivity index (χ1n) is 7.67. The summed E-state index contributed by atoms with van der Waals surface area (Å²) in [5, 5.41) is 8.96. The summed E-state index contributed by atoms with van der Waals surface area (Å²) in [6.07, 6.45) is 7.33. The molecule has 0 bridgehead atoms. The summed E-state index contributed by atoms with van der Waals surface area (Å²) in [7, 11) is 0. The van der Waals surface area contributed by atoms with Gasteiger partial charge in [-0.3, -0.25) is 4.79 Å². The highest BCUT2D eigenvalue weighted by atomic mass is 32.1. The van der Waals surface area contributed by atoms with Gasteiger partial charge in [-0.1, -0.05) is 5.16 Å². The summed E-state index contributed by atoms with van der Waals surface area (Å²) in [5.41, 5.74) is 3.58. The van der Waals surface area contributed by atoms with Crippen LogP contribution in [0.3, 0.4) is 0 Å². The molecule has 0 fully saturated rings. The van der Waals surface area contributed by atoms with Crippen LogP contribution in [0.15, 0.2) is 39.0 Å². The largest absolute Gasteiger partial charge is 0.472 e. The predicted molar refractivity (Wildman–Crippen MR) is 86.3 cm³/mol. The van der Waals surface area contributed by atoms with Crippen LogP contribution in [0, 0.1) is 0 Å². The van der Waals surface area contributed by atoms with Crippen LogP contribution in [0.5, 0.6) is 0 Å². The lowest BCUT2D eigenvalue weighted by molar-refractivity contribution is 0.0941. The summed E-state index contributed by atoms with van der Waals surface area (Å²) < 4.78 is 10.4. The molecule has 0 spiro atoms. The molecular weight excluding hydrogens is 312 g/mol. The molecule has 0 saturated heterocycles. The van der Waals surface area contributed by atoms with E-state index in [0.29, 0.717) is 12.2 Å². The topological polar surface area (TPSA) is 68.3 Å². The van der Waals surface area contributed by atoms with Gasteiger partial charge in [0.15, 0.2) is 5.69 Å².